The maximum Gasteiger partial charge on any atom is 0.316 e. The van der Waals surface area contributed by atoms with Crippen LogP contribution in [0.3, 0.4) is 0 Å². The van der Waals surface area contributed by atoms with Crippen molar-refractivity contribution in [2.75, 3.05) is 19.0 Å². The maximum atomic E-state index is 13.7. The number of methoxy groups -OCH3 is 1. The third-order valence-electron chi connectivity index (χ3n) is 8.15. The van der Waals surface area contributed by atoms with Crippen molar-refractivity contribution in [2.24, 2.45) is 17.8 Å². The van der Waals surface area contributed by atoms with Gasteiger partial charge in [0.05, 0.1) is 12.6 Å². The second-order valence-corrected chi connectivity index (χ2v) is 11.4. The van der Waals surface area contributed by atoms with Gasteiger partial charge in [-0.1, -0.05) is 19.1 Å². The molecule has 1 aliphatic carbocycles. The molecule has 1 N–H and O–H groups in total. The summed E-state index contributed by atoms with van der Waals surface area (Å²) in [5.74, 6) is 0.526. The van der Waals surface area contributed by atoms with Gasteiger partial charge in [-0.15, -0.1) is 0 Å². The molecule has 1 saturated carbocycles. The van der Waals surface area contributed by atoms with Crippen LogP contribution in [0.15, 0.2) is 47.3 Å². The van der Waals surface area contributed by atoms with Crippen LogP contribution in [0, 0.1) is 24.7 Å². The van der Waals surface area contributed by atoms with Gasteiger partial charge in [0.15, 0.2) is 5.78 Å². The number of fused-ring (bicyclic) bond motifs is 2. The standard InChI is InChI=1S/C29H28BrN7O4/c1-14-5-8-22(30)33-27(14)34-28(40)26-24-15(2)20(24)12-36(26)23(39)13-37-21-7-6-17(9-19(21)25(35-37)16(3)38)18-10-31-29(41-4)32-11-18/h5-11,15,20,24,26H,12-13H2,1-4H3,(H,33,34,40)/t15?,20?,24?,26-/m0/s1. The Kier molecular flexibility index (Phi) is 6.80. The molecule has 2 amide bonds. The fraction of sp³-hybridized carbons (Fsp3) is 0.345. The van der Waals surface area contributed by atoms with Crippen LogP contribution in [0.5, 0.6) is 6.01 Å². The Labute approximate surface area is 244 Å². The molecule has 4 heterocycles. The van der Waals surface area contributed by atoms with Gasteiger partial charge >= 0.3 is 6.01 Å². The number of rotatable bonds is 7. The van der Waals surface area contributed by atoms with E-state index >= 15 is 0 Å². The van der Waals surface area contributed by atoms with E-state index in [4.69, 9.17) is 4.74 Å². The number of halogens is 1. The second kappa shape index (κ2) is 10.3. The lowest BCUT2D eigenvalue weighted by Gasteiger charge is -2.28. The summed E-state index contributed by atoms with van der Waals surface area (Å²) >= 11 is 3.35. The van der Waals surface area contributed by atoms with Gasteiger partial charge in [-0.25, -0.2) is 15.0 Å². The lowest BCUT2D eigenvalue weighted by Crippen LogP contribution is -2.48. The molecule has 0 spiro atoms. The average Bonchev–Trinajstić information content (AvgIpc) is 3.27. The van der Waals surface area contributed by atoms with Gasteiger partial charge in [0.25, 0.3) is 0 Å². The first kappa shape index (κ1) is 27.0. The topological polar surface area (TPSA) is 132 Å². The number of ether oxygens (including phenoxy) is 1. The van der Waals surface area contributed by atoms with Crippen LogP contribution in [-0.2, 0) is 16.1 Å². The average molecular weight is 618 g/mol. The number of nitrogens with zero attached hydrogens (tertiary/aromatic N) is 6. The molecule has 6 rings (SSSR count). The molecule has 11 nitrogen and oxygen atoms in total. The lowest BCUT2D eigenvalue weighted by molar-refractivity contribution is -0.138. The predicted molar refractivity (Wildman–Crippen MR) is 154 cm³/mol. The molecule has 1 aromatic carbocycles. The second-order valence-electron chi connectivity index (χ2n) is 10.6. The molecule has 4 atom stereocenters. The summed E-state index contributed by atoms with van der Waals surface area (Å²) in [6.07, 6.45) is 3.29. The highest BCUT2D eigenvalue weighted by atomic mass is 79.9. The summed E-state index contributed by atoms with van der Waals surface area (Å²) in [7, 11) is 1.50. The summed E-state index contributed by atoms with van der Waals surface area (Å²) in [6, 6.07) is 8.89. The van der Waals surface area contributed by atoms with Gasteiger partial charge in [-0.2, -0.15) is 5.10 Å². The quantitative estimate of drug-likeness (QED) is 0.244. The van der Waals surface area contributed by atoms with E-state index in [-0.39, 0.29) is 47.7 Å². The summed E-state index contributed by atoms with van der Waals surface area (Å²) in [5, 5.41) is 8.08. The van der Waals surface area contributed by atoms with Crippen LogP contribution in [0.25, 0.3) is 22.0 Å². The number of carbonyl (C=O) groups excluding carboxylic acids is 3. The first-order chi connectivity index (χ1) is 19.7. The first-order valence-electron chi connectivity index (χ1n) is 13.3. The number of nitrogens with one attached hydrogen (secondary N) is 1. The smallest absolute Gasteiger partial charge is 0.316 e. The highest BCUT2D eigenvalue weighted by Gasteiger charge is 2.62. The molecule has 3 unspecified atom stereocenters. The molecule has 41 heavy (non-hydrogen) atoms. The third kappa shape index (κ3) is 4.86. The Morgan fingerprint density at radius 3 is 2.59 bits per heavy atom. The van der Waals surface area contributed by atoms with E-state index in [2.05, 4.69) is 48.2 Å². The van der Waals surface area contributed by atoms with Gasteiger partial charge < -0.3 is 15.0 Å². The summed E-state index contributed by atoms with van der Waals surface area (Å²) < 4.78 is 7.20. The lowest BCUT2D eigenvalue weighted by atomic mass is 10.0. The van der Waals surface area contributed by atoms with Crippen molar-refractivity contribution in [3.63, 3.8) is 0 Å². The van der Waals surface area contributed by atoms with Crippen molar-refractivity contribution in [1.82, 2.24) is 29.6 Å². The zero-order chi connectivity index (χ0) is 29.0. The van der Waals surface area contributed by atoms with Crippen molar-refractivity contribution in [3.05, 3.63) is 58.6 Å². The van der Waals surface area contributed by atoms with E-state index < -0.39 is 6.04 Å². The van der Waals surface area contributed by atoms with Crippen molar-refractivity contribution < 1.29 is 19.1 Å². The van der Waals surface area contributed by atoms with Crippen LogP contribution in [0.4, 0.5) is 5.82 Å². The minimum Gasteiger partial charge on any atom is -0.467 e. The Morgan fingerprint density at radius 1 is 1.12 bits per heavy atom. The van der Waals surface area contributed by atoms with Gasteiger partial charge in [0.2, 0.25) is 11.8 Å². The van der Waals surface area contributed by atoms with Crippen LogP contribution >= 0.6 is 15.9 Å². The van der Waals surface area contributed by atoms with Crippen molar-refractivity contribution in [3.8, 4) is 17.1 Å². The predicted octanol–water partition coefficient (Wildman–Crippen LogP) is 3.90. The Balaban J connectivity index is 1.27. The number of hydrogen-bond donors (Lipinski definition) is 1. The number of carbonyl (C=O) groups is 3. The summed E-state index contributed by atoms with van der Waals surface area (Å²) in [5.41, 5.74) is 3.30. The molecule has 2 fully saturated rings. The molecule has 0 bridgehead atoms. The SMILES string of the molecule is COc1ncc(-c2ccc3c(c2)c(C(C)=O)nn3CC(=O)N2CC3C(C)C3[C@H]2C(=O)Nc2nc(Br)ccc2C)cn1. The van der Waals surface area contributed by atoms with E-state index in [0.29, 0.717) is 33.8 Å². The number of piperidine rings is 1. The number of benzene rings is 1. The highest BCUT2D eigenvalue weighted by molar-refractivity contribution is 9.10. The minimum atomic E-state index is -0.599. The molecule has 1 saturated heterocycles. The molecule has 210 valence electrons. The monoisotopic (exact) mass is 617 g/mol. The number of hydrogen-bond acceptors (Lipinski definition) is 8. The number of pyridine rings is 1. The van der Waals surface area contributed by atoms with E-state index in [1.54, 1.807) is 22.0 Å². The highest BCUT2D eigenvalue weighted by Crippen LogP contribution is 2.55. The Morgan fingerprint density at radius 2 is 1.88 bits per heavy atom. The molecule has 3 aromatic heterocycles. The van der Waals surface area contributed by atoms with Gasteiger partial charge in [-0.3, -0.25) is 19.1 Å². The normalized spacial score (nSPS) is 21.0. The van der Waals surface area contributed by atoms with Crippen LogP contribution < -0.4 is 10.1 Å². The van der Waals surface area contributed by atoms with Gasteiger partial charge in [-0.05, 0) is 69.9 Å². The summed E-state index contributed by atoms with van der Waals surface area (Å²) in [6.45, 7) is 5.85. The van der Waals surface area contributed by atoms with Crippen molar-refractivity contribution in [1.29, 1.82) is 0 Å². The molecular weight excluding hydrogens is 590 g/mol. The fourth-order valence-corrected chi connectivity index (χ4v) is 6.17. The van der Waals surface area contributed by atoms with E-state index in [9.17, 15) is 14.4 Å². The van der Waals surface area contributed by atoms with Crippen molar-refractivity contribution in [2.45, 2.75) is 33.4 Å². The van der Waals surface area contributed by atoms with Crippen LogP contribution in [0.1, 0.15) is 29.9 Å². The third-order valence-corrected chi connectivity index (χ3v) is 8.59. The van der Waals surface area contributed by atoms with E-state index in [1.165, 1.54) is 14.0 Å². The number of ketones is 1. The molecule has 1 aliphatic heterocycles. The Hall–Kier alpha value is -4.19. The van der Waals surface area contributed by atoms with E-state index in [1.807, 2.05) is 37.3 Å². The molecule has 4 aromatic rings. The minimum absolute atomic E-state index is 0.0967. The number of anilines is 1. The number of Topliss-reactive ketones (excluding diaryl/α,β-unsaturated/α-hetero) is 1. The van der Waals surface area contributed by atoms with E-state index in [0.717, 1.165) is 16.7 Å². The Bertz CT molecular complexity index is 1700. The maximum absolute atomic E-state index is 13.7. The fourth-order valence-electron chi connectivity index (χ4n) is 5.86. The first-order valence-corrected chi connectivity index (χ1v) is 14.1. The summed E-state index contributed by atoms with van der Waals surface area (Å²) in [4.78, 5) is 54.1. The molecule has 0 radical (unpaired) electrons. The number of amides is 2. The zero-order valence-electron chi connectivity index (χ0n) is 23.0. The molecule has 12 heteroatoms. The number of likely N-dealkylation sites (tertiary alicyclic amines) is 1. The molecular formula is C29H28BrN7O4. The number of aromatic nitrogens is 5. The number of aryl methyl sites for hydroxylation is 1. The zero-order valence-corrected chi connectivity index (χ0v) is 24.5. The van der Waals surface area contributed by atoms with Crippen molar-refractivity contribution >= 4 is 50.2 Å². The van der Waals surface area contributed by atoms with Crippen LogP contribution in [0.2, 0.25) is 0 Å². The largest absolute Gasteiger partial charge is 0.467 e. The molecule has 2 aliphatic rings. The van der Waals surface area contributed by atoms with Gasteiger partial charge in [0.1, 0.15) is 28.7 Å². The van der Waals surface area contributed by atoms with Gasteiger partial charge in [0, 0.05) is 36.8 Å². The van der Waals surface area contributed by atoms with Crippen LogP contribution in [-0.4, -0.2) is 66.9 Å².